The monoisotopic (exact) mass is 340 g/mol. The second-order valence-corrected chi connectivity index (χ2v) is 5.23. The van der Waals surface area contributed by atoms with Gasteiger partial charge in [-0.15, -0.1) is 12.3 Å². The Bertz CT molecular complexity index is 667. The largest absolute Gasteiger partial charge is 0.482 e. The molecule has 2 rings (SSSR count). The van der Waals surface area contributed by atoms with Gasteiger partial charge in [0.1, 0.15) is 12.3 Å². The van der Waals surface area contributed by atoms with Gasteiger partial charge in [0.15, 0.2) is 6.61 Å². The van der Waals surface area contributed by atoms with Gasteiger partial charge in [-0.3, -0.25) is 14.5 Å². The summed E-state index contributed by atoms with van der Waals surface area (Å²) in [6.45, 7) is -0.640. The minimum Gasteiger partial charge on any atom is -0.482 e. The lowest BCUT2D eigenvalue weighted by Gasteiger charge is -2.29. The summed E-state index contributed by atoms with van der Waals surface area (Å²) in [5, 5.41) is 2.24. The van der Waals surface area contributed by atoms with Gasteiger partial charge in [0.2, 0.25) is 5.91 Å². The SMILES string of the molecule is C#CCC(CC(F)(F)F)NC(=O)CN1C(=O)COc2ccccc21. The van der Waals surface area contributed by atoms with Crippen LogP contribution in [0.5, 0.6) is 5.75 Å². The van der Waals surface area contributed by atoms with Crippen LogP contribution < -0.4 is 15.0 Å². The molecule has 0 fully saturated rings. The summed E-state index contributed by atoms with van der Waals surface area (Å²) in [6.07, 6.45) is -0.881. The highest BCUT2D eigenvalue weighted by molar-refractivity contribution is 6.02. The Morgan fingerprint density at radius 1 is 1.42 bits per heavy atom. The van der Waals surface area contributed by atoms with E-state index in [-0.39, 0.29) is 13.0 Å². The molecule has 8 heteroatoms. The second kappa shape index (κ2) is 7.25. The maximum atomic E-state index is 12.5. The molecule has 1 heterocycles. The summed E-state index contributed by atoms with van der Waals surface area (Å²) >= 11 is 0. The fraction of sp³-hybridized carbons (Fsp3) is 0.375. The minimum atomic E-state index is -4.45. The number of halogens is 3. The lowest BCUT2D eigenvalue weighted by atomic mass is 10.1. The lowest BCUT2D eigenvalue weighted by Crippen LogP contribution is -2.48. The Morgan fingerprint density at radius 3 is 2.79 bits per heavy atom. The fourth-order valence-electron chi connectivity index (χ4n) is 2.34. The average molecular weight is 340 g/mol. The zero-order valence-electron chi connectivity index (χ0n) is 12.6. The van der Waals surface area contributed by atoms with E-state index in [1.165, 1.54) is 4.90 Å². The van der Waals surface area contributed by atoms with Crippen LogP contribution in [0.4, 0.5) is 18.9 Å². The van der Waals surface area contributed by atoms with Crippen LogP contribution in [0.1, 0.15) is 12.8 Å². The van der Waals surface area contributed by atoms with E-state index in [0.29, 0.717) is 11.4 Å². The molecule has 0 saturated carbocycles. The molecule has 1 N–H and O–H groups in total. The van der Waals surface area contributed by atoms with Crippen molar-refractivity contribution in [2.45, 2.75) is 25.1 Å². The molecular weight excluding hydrogens is 325 g/mol. The molecule has 1 aliphatic rings. The maximum absolute atomic E-state index is 12.5. The number of fused-ring (bicyclic) bond motifs is 1. The predicted octanol–water partition coefficient (Wildman–Crippen LogP) is 1.87. The van der Waals surface area contributed by atoms with Crippen LogP contribution in [0.25, 0.3) is 0 Å². The van der Waals surface area contributed by atoms with Gasteiger partial charge in [0.25, 0.3) is 5.91 Å². The fourth-order valence-corrected chi connectivity index (χ4v) is 2.34. The number of rotatable bonds is 5. The number of ether oxygens (including phenoxy) is 1. The number of alkyl halides is 3. The summed E-state index contributed by atoms with van der Waals surface area (Å²) in [6, 6.07) is 5.37. The molecule has 5 nitrogen and oxygen atoms in total. The van der Waals surface area contributed by atoms with Gasteiger partial charge in [-0.25, -0.2) is 0 Å². The van der Waals surface area contributed by atoms with E-state index in [1.807, 2.05) is 0 Å². The van der Waals surface area contributed by atoms with E-state index in [9.17, 15) is 22.8 Å². The first-order chi connectivity index (χ1) is 11.3. The molecule has 0 radical (unpaired) electrons. The van der Waals surface area contributed by atoms with Gasteiger partial charge in [0, 0.05) is 12.5 Å². The molecule has 1 aromatic carbocycles. The van der Waals surface area contributed by atoms with Crippen molar-refractivity contribution in [3.63, 3.8) is 0 Å². The van der Waals surface area contributed by atoms with Gasteiger partial charge >= 0.3 is 6.18 Å². The zero-order valence-corrected chi connectivity index (χ0v) is 12.6. The van der Waals surface area contributed by atoms with Crippen LogP contribution >= 0.6 is 0 Å². The molecule has 0 spiro atoms. The van der Waals surface area contributed by atoms with Crippen LogP contribution in [-0.2, 0) is 9.59 Å². The lowest BCUT2D eigenvalue weighted by molar-refractivity contribution is -0.142. The predicted molar refractivity (Wildman–Crippen MR) is 80.3 cm³/mol. The van der Waals surface area contributed by atoms with E-state index >= 15 is 0 Å². The van der Waals surface area contributed by atoms with E-state index in [1.54, 1.807) is 24.3 Å². The average Bonchev–Trinajstić information content (AvgIpc) is 2.49. The van der Waals surface area contributed by atoms with Crippen molar-refractivity contribution in [3.05, 3.63) is 24.3 Å². The smallest absolute Gasteiger partial charge is 0.391 e. The molecule has 24 heavy (non-hydrogen) atoms. The van der Waals surface area contributed by atoms with Gasteiger partial charge < -0.3 is 10.1 Å². The van der Waals surface area contributed by atoms with Crippen molar-refractivity contribution in [2.24, 2.45) is 0 Å². The van der Waals surface area contributed by atoms with E-state index < -0.39 is 37.0 Å². The number of para-hydroxylation sites is 2. The van der Waals surface area contributed by atoms with Crippen LogP contribution in [0.15, 0.2) is 24.3 Å². The van der Waals surface area contributed by atoms with Crippen LogP contribution in [0, 0.1) is 12.3 Å². The molecule has 0 aromatic heterocycles. The number of carbonyl (C=O) groups is 2. The van der Waals surface area contributed by atoms with E-state index in [0.717, 1.165) is 0 Å². The summed E-state index contributed by atoms with van der Waals surface area (Å²) in [5.41, 5.74) is 0.397. The van der Waals surface area contributed by atoms with Crippen molar-refractivity contribution in [1.29, 1.82) is 0 Å². The number of nitrogens with one attached hydrogen (secondary N) is 1. The first kappa shape index (κ1) is 17.7. The molecule has 0 saturated heterocycles. The minimum absolute atomic E-state index is 0.235. The molecule has 1 aliphatic heterocycles. The standard InChI is InChI=1S/C16H15F3N2O3/c1-2-5-11(8-16(17,18)19)20-14(22)9-21-12-6-3-4-7-13(12)24-10-15(21)23/h1,3-4,6-7,11H,5,8-10H2,(H,20,22). The molecule has 0 bridgehead atoms. The quantitative estimate of drug-likeness (QED) is 0.833. The third kappa shape index (κ3) is 4.65. The van der Waals surface area contributed by atoms with Crippen molar-refractivity contribution in [1.82, 2.24) is 5.32 Å². The van der Waals surface area contributed by atoms with Crippen LogP contribution in [0.2, 0.25) is 0 Å². The van der Waals surface area contributed by atoms with E-state index in [4.69, 9.17) is 11.2 Å². The highest BCUT2D eigenvalue weighted by Crippen LogP contribution is 2.31. The highest BCUT2D eigenvalue weighted by Gasteiger charge is 2.33. The maximum Gasteiger partial charge on any atom is 0.391 e. The molecule has 2 amide bonds. The number of carbonyl (C=O) groups excluding carboxylic acids is 2. The van der Waals surface area contributed by atoms with Gasteiger partial charge in [-0.1, -0.05) is 12.1 Å². The van der Waals surface area contributed by atoms with Crippen molar-refractivity contribution < 1.29 is 27.5 Å². The van der Waals surface area contributed by atoms with Gasteiger partial charge in [-0.05, 0) is 12.1 Å². The van der Waals surface area contributed by atoms with Crippen LogP contribution in [0.3, 0.4) is 0 Å². The number of anilines is 1. The third-order valence-electron chi connectivity index (χ3n) is 3.32. The number of hydrogen-bond acceptors (Lipinski definition) is 3. The second-order valence-electron chi connectivity index (χ2n) is 5.23. The number of nitrogens with zero attached hydrogens (tertiary/aromatic N) is 1. The number of terminal acetylenes is 1. The molecule has 1 aromatic rings. The van der Waals surface area contributed by atoms with Gasteiger partial charge in [0.05, 0.1) is 12.1 Å². The molecule has 1 atom stereocenters. The summed E-state index contributed by atoms with van der Waals surface area (Å²) < 4.78 is 42.7. The molecule has 128 valence electrons. The molecular formula is C16H15F3N2O3. The van der Waals surface area contributed by atoms with Crippen molar-refractivity contribution >= 4 is 17.5 Å². The van der Waals surface area contributed by atoms with Crippen molar-refractivity contribution in [2.75, 3.05) is 18.1 Å². The first-order valence-electron chi connectivity index (χ1n) is 7.12. The number of benzene rings is 1. The highest BCUT2D eigenvalue weighted by atomic mass is 19.4. The Kier molecular flexibility index (Phi) is 5.34. The van der Waals surface area contributed by atoms with Crippen LogP contribution in [-0.4, -0.2) is 37.2 Å². The topological polar surface area (TPSA) is 58.6 Å². The van der Waals surface area contributed by atoms with Crippen molar-refractivity contribution in [3.8, 4) is 18.1 Å². The summed E-state index contributed by atoms with van der Waals surface area (Å²) in [5.74, 6) is 1.37. The Hall–Kier alpha value is -2.69. The molecule has 1 unspecified atom stereocenters. The number of amides is 2. The third-order valence-corrected chi connectivity index (χ3v) is 3.32. The zero-order chi connectivity index (χ0) is 17.7. The Balaban J connectivity index is 2.06. The Labute approximate surface area is 136 Å². The van der Waals surface area contributed by atoms with Gasteiger partial charge in [-0.2, -0.15) is 13.2 Å². The normalized spacial score (nSPS) is 15.1. The summed E-state index contributed by atoms with van der Waals surface area (Å²) in [4.78, 5) is 25.2. The first-order valence-corrected chi connectivity index (χ1v) is 7.12. The molecule has 0 aliphatic carbocycles. The number of hydrogen-bond donors (Lipinski definition) is 1. The van der Waals surface area contributed by atoms with E-state index in [2.05, 4.69) is 11.2 Å². The summed E-state index contributed by atoms with van der Waals surface area (Å²) in [7, 11) is 0. The Morgan fingerprint density at radius 2 is 2.12 bits per heavy atom.